The third kappa shape index (κ3) is 4.91. The van der Waals surface area contributed by atoms with Crippen LogP contribution in [0.1, 0.15) is 40.6 Å². The molecule has 0 unspecified atom stereocenters. The summed E-state index contributed by atoms with van der Waals surface area (Å²) in [5, 5.41) is 2.98. The Morgan fingerprint density at radius 3 is 2.56 bits per heavy atom. The van der Waals surface area contributed by atoms with E-state index < -0.39 is 5.97 Å². The number of benzene rings is 1. The second kappa shape index (κ2) is 8.44. The van der Waals surface area contributed by atoms with Crippen molar-refractivity contribution in [2.75, 3.05) is 13.1 Å². The molecule has 2 aromatic rings. The lowest BCUT2D eigenvalue weighted by molar-refractivity contribution is -0.131. The predicted octanol–water partition coefficient (Wildman–Crippen LogP) is 2.04. The predicted molar refractivity (Wildman–Crippen MR) is 98.4 cm³/mol. The van der Waals surface area contributed by atoms with Crippen LogP contribution in [0.15, 0.2) is 48.7 Å². The molecule has 1 aliphatic rings. The van der Waals surface area contributed by atoms with Gasteiger partial charge in [0.2, 0.25) is 0 Å². The number of nitrogens with zero attached hydrogens (tertiary/aromatic N) is 2. The molecule has 0 bridgehead atoms. The fourth-order valence-corrected chi connectivity index (χ4v) is 3.01. The number of hydrogen-bond donors (Lipinski definition) is 1. The van der Waals surface area contributed by atoms with E-state index in [1.807, 2.05) is 0 Å². The number of nitrogens with one attached hydrogen (secondary N) is 1. The molecule has 7 nitrogen and oxygen atoms in total. The first kappa shape index (κ1) is 18.6. The van der Waals surface area contributed by atoms with Crippen molar-refractivity contribution in [1.29, 1.82) is 0 Å². The highest BCUT2D eigenvalue weighted by atomic mass is 16.5. The molecular weight excluding hydrogens is 346 g/mol. The molecule has 1 aromatic carbocycles. The molecule has 27 heavy (non-hydrogen) atoms. The summed E-state index contributed by atoms with van der Waals surface area (Å²) in [4.78, 5) is 41.7. The fraction of sp³-hybridized carbons (Fsp3) is 0.300. The number of rotatable bonds is 4. The largest absolute Gasteiger partial charge is 0.427 e. The maximum absolute atomic E-state index is 12.4. The maximum atomic E-state index is 12.4. The molecule has 1 fully saturated rings. The van der Waals surface area contributed by atoms with Crippen LogP contribution in [0.4, 0.5) is 0 Å². The Labute approximate surface area is 157 Å². The summed E-state index contributed by atoms with van der Waals surface area (Å²) in [6, 6.07) is 11.8. The molecule has 2 heterocycles. The van der Waals surface area contributed by atoms with Gasteiger partial charge in [0.15, 0.2) is 0 Å². The lowest BCUT2D eigenvalue weighted by Gasteiger charge is -2.32. The third-order valence-electron chi connectivity index (χ3n) is 4.36. The maximum Gasteiger partial charge on any atom is 0.308 e. The first-order valence-electron chi connectivity index (χ1n) is 8.82. The van der Waals surface area contributed by atoms with E-state index in [1.165, 1.54) is 13.0 Å². The van der Waals surface area contributed by atoms with Crippen molar-refractivity contribution in [2.24, 2.45) is 0 Å². The van der Waals surface area contributed by atoms with Crippen LogP contribution in [0.3, 0.4) is 0 Å². The van der Waals surface area contributed by atoms with E-state index in [0.717, 1.165) is 0 Å². The summed E-state index contributed by atoms with van der Waals surface area (Å²) in [5.74, 6) is -0.406. The van der Waals surface area contributed by atoms with Crippen LogP contribution in [0.5, 0.6) is 5.75 Å². The van der Waals surface area contributed by atoms with E-state index in [9.17, 15) is 14.4 Å². The summed E-state index contributed by atoms with van der Waals surface area (Å²) < 4.78 is 5.01. The highest BCUT2D eigenvalue weighted by molar-refractivity contribution is 5.95. The molecule has 1 saturated heterocycles. The van der Waals surface area contributed by atoms with Crippen molar-refractivity contribution in [3.63, 3.8) is 0 Å². The number of aromatic nitrogens is 1. The zero-order valence-electron chi connectivity index (χ0n) is 15.1. The van der Waals surface area contributed by atoms with Crippen molar-refractivity contribution < 1.29 is 19.1 Å². The molecule has 7 heteroatoms. The van der Waals surface area contributed by atoms with Gasteiger partial charge in [0, 0.05) is 37.8 Å². The quantitative estimate of drug-likeness (QED) is 0.660. The van der Waals surface area contributed by atoms with Crippen molar-refractivity contribution in [1.82, 2.24) is 15.2 Å². The van der Waals surface area contributed by atoms with Gasteiger partial charge in [0.25, 0.3) is 11.8 Å². The number of carbonyl (C=O) groups is 3. The first-order chi connectivity index (χ1) is 13.0. The molecule has 0 saturated carbocycles. The molecule has 0 radical (unpaired) electrons. The van der Waals surface area contributed by atoms with Gasteiger partial charge in [-0.15, -0.1) is 0 Å². The minimum absolute atomic E-state index is 0.0114. The zero-order valence-corrected chi connectivity index (χ0v) is 15.1. The molecule has 0 aliphatic carbocycles. The Morgan fingerprint density at radius 2 is 1.89 bits per heavy atom. The van der Waals surface area contributed by atoms with Gasteiger partial charge >= 0.3 is 5.97 Å². The number of esters is 1. The molecule has 0 spiro atoms. The molecule has 0 atom stereocenters. The molecule has 140 valence electrons. The lowest BCUT2D eigenvalue weighted by atomic mass is 10.0. The Kier molecular flexibility index (Phi) is 5.80. The summed E-state index contributed by atoms with van der Waals surface area (Å²) >= 11 is 0. The smallest absolute Gasteiger partial charge is 0.308 e. The Bertz CT molecular complexity index is 830. The minimum Gasteiger partial charge on any atom is -0.427 e. The third-order valence-corrected chi connectivity index (χ3v) is 4.36. The molecule has 3 rings (SSSR count). The first-order valence-corrected chi connectivity index (χ1v) is 8.82. The van der Waals surface area contributed by atoms with Gasteiger partial charge in [-0.25, -0.2) is 0 Å². The minimum atomic E-state index is -0.433. The van der Waals surface area contributed by atoms with Gasteiger partial charge in [-0.05, 0) is 43.2 Å². The highest BCUT2D eigenvalue weighted by Crippen LogP contribution is 2.16. The van der Waals surface area contributed by atoms with E-state index in [-0.39, 0.29) is 17.9 Å². The summed E-state index contributed by atoms with van der Waals surface area (Å²) in [7, 11) is 0. The molecule has 2 amide bonds. The van der Waals surface area contributed by atoms with E-state index in [0.29, 0.717) is 42.9 Å². The van der Waals surface area contributed by atoms with Crippen LogP contribution in [0.2, 0.25) is 0 Å². The Hall–Kier alpha value is -3.22. The van der Waals surface area contributed by atoms with Crippen LogP contribution in [-0.2, 0) is 4.79 Å². The zero-order chi connectivity index (χ0) is 19.2. The van der Waals surface area contributed by atoms with Crippen LogP contribution >= 0.6 is 0 Å². The Morgan fingerprint density at radius 1 is 1.11 bits per heavy atom. The second-order valence-electron chi connectivity index (χ2n) is 6.38. The highest BCUT2D eigenvalue weighted by Gasteiger charge is 2.25. The van der Waals surface area contributed by atoms with Gasteiger partial charge in [0.1, 0.15) is 11.4 Å². The number of likely N-dealkylation sites (tertiary alicyclic amines) is 1. The second-order valence-corrected chi connectivity index (χ2v) is 6.38. The van der Waals surface area contributed by atoms with Gasteiger partial charge in [-0.3, -0.25) is 19.4 Å². The van der Waals surface area contributed by atoms with Crippen molar-refractivity contribution in [2.45, 2.75) is 25.8 Å². The summed E-state index contributed by atoms with van der Waals surface area (Å²) in [5.41, 5.74) is 0.864. The van der Waals surface area contributed by atoms with E-state index in [1.54, 1.807) is 47.5 Å². The standard InChI is InChI=1S/C20H21N3O4/c1-14(24)27-17-6-4-5-15(13-17)19(25)22-16-8-11-23(12-9-16)20(26)18-7-2-3-10-21-18/h2-7,10,13,16H,8-9,11-12H2,1H3,(H,22,25). The van der Waals surface area contributed by atoms with Crippen LogP contribution in [0, 0.1) is 0 Å². The number of amides is 2. The number of ether oxygens (including phenoxy) is 1. The summed E-state index contributed by atoms with van der Waals surface area (Å²) in [6.45, 7) is 2.44. The normalized spacial score (nSPS) is 14.5. The number of pyridine rings is 1. The van der Waals surface area contributed by atoms with Crippen molar-refractivity contribution >= 4 is 17.8 Å². The number of piperidine rings is 1. The Balaban J connectivity index is 1.54. The van der Waals surface area contributed by atoms with Crippen LogP contribution in [-0.4, -0.2) is 46.8 Å². The molecule has 1 aliphatic heterocycles. The average molecular weight is 367 g/mol. The van der Waals surface area contributed by atoms with Gasteiger partial charge in [-0.2, -0.15) is 0 Å². The monoisotopic (exact) mass is 367 g/mol. The van der Waals surface area contributed by atoms with E-state index in [2.05, 4.69) is 10.3 Å². The molecule has 1 N–H and O–H groups in total. The van der Waals surface area contributed by atoms with E-state index >= 15 is 0 Å². The fourth-order valence-electron chi connectivity index (χ4n) is 3.01. The van der Waals surface area contributed by atoms with Crippen LogP contribution in [0.25, 0.3) is 0 Å². The van der Waals surface area contributed by atoms with Crippen molar-refractivity contribution in [3.05, 3.63) is 59.9 Å². The van der Waals surface area contributed by atoms with Gasteiger partial charge in [0.05, 0.1) is 0 Å². The topological polar surface area (TPSA) is 88.6 Å². The number of carbonyl (C=O) groups excluding carboxylic acids is 3. The number of hydrogen-bond acceptors (Lipinski definition) is 5. The van der Waals surface area contributed by atoms with Crippen molar-refractivity contribution in [3.8, 4) is 5.75 Å². The SMILES string of the molecule is CC(=O)Oc1cccc(C(=O)NC2CCN(C(=O)c3ccccn3)CC2)c1. The van der Waals surface area contributed by atoms with Crippen LogP contribution < -0.4 is 10.1 Å². The summed E-state index contributed by atoms with van der Waals surface area (Å²) in [6.07, 6.45) is 2.95. The lowest BCUT2D eigenvalue weighted by Crippen LogP contribution is -2.46. The van der Waals surface area contributed by atoms with E-state index in [4.69, 9.17) is 4.74 Å². The molecular formula is C20H21N3O4. The molecule has 1 aromatic heterocycles. The average Bonchev–Trinajstić information content (AvgIpc) is 2.68. The van der Waals surface area contributed by atoms with Gasteiger partial charge < -0.3 is 15.0 Å². The van der Waals surface area contributed by atoms with Gasteiger partial charge in [-0.1, -0.05) is 12.1 Å².